The predicted octanol–water partition coefficient (Wildman–Crippen LogP) is 5.41. The van der Waals surface area contributed by atoms with E-state index in [1.807, 2.05) is 0 Å². The molecule has 0 bridgehead atoms. The highest BCUT2D eigenvalue weighted by Gasteiger charge is 2.32. The molecular formula is C26H15F5O7. The van der Waals surface area contributed by atoms with E-state index in [-0.39, 0.29) is 29.6 Å². The molecule has 1 unspecified atom stereocenters. The summed E-state index contributed by atoms with van der Waals surface area (Å²) in [7, 11) is 0. The highest BCUT2D eigenvalue weighted by molar-refractivity contribution is 6.15. The third kappa shape index (κ3) is 4.27. The lowest BCUT2D eigenvalue weighted by Gasteiger charge is -2.16. The molecule has 2 heterocycles. The number of Topliss-reactive ketones (excluding diaryl/α,β-unsaturated/α-hetero) is 1. The zero-order chi connectivity index (χ0) is 27.3. The van der Waals surface area contributed by atoms with E-state index in [0.717, 1.165) is 6.92 Å². The highest BCUT2D eigenvalue weighted by Crippen LogP contribution is 2.39. The number of aryl methyl sites for hydroxylation is 1. The summed E-state index contributed by atoms with van der Waals surface area (Å²) in [6.45, 7) is 2.64. The third-order valence-corrected chi connectivity index (χ3v) is 5.65. The number of allylic oxidation sites excluding steroid dienone is 1. The van der Waals surface area contributed by atoms with Crippen molar-refractivity contribution < 1.29 is 55.2 Å². The monoisotopic (exact) mass is 534 g/mol. The molecule has 0 aliphatic carbocycles. The molecule has 0 aromatic heterocycles. The molecule has 0 radical (unpaired) electrons. The van der Waals surface area contributed by atoms with Gasteiger partial charge in [-0.1, -0.05) is 6.07 Å². The number of hydrogen-bond acceptors (Lipinski definition) is 7. The number of esters is 1. The van der Waals surface area contributed by atoms with Crippen molar-refractivity contribution in [3.05, 3.63) is 81.9 Å². The van der Waals surface area contributed by atoms with Crippen LogP contribution in [0.25, 0.3) is 6.08 Å². The molecule has 38 heavy (non-hydrogen) atoms. The Kier molecular flexibility index (Phi) is 6.17. The second kappa shape index (κ2) is 9.36. The predicted molar refractivity (Wildman–Crippen MR) is 119 cm³/mol. The van der Waals surface area contributed by atoms with Crippen molar-refractivity contribution in [2.75, 3.05) is 6.79 Å². The lowest BCUT2D eigenvalue weighted by molar-refractivity contribution is -0.141. The summed E-state index contributed by atoms with van der Waals surface area (Å²) in [5.74, 6) is -13.5. The summed E-state index contributed by atoms with van der Waals surface area (Å²) in [6.07, 6.45) is -0.282. The van der Waals surface area contributed by atoms with Gasteiger partial charge >= 0.3 is 5.97 Å². The molecule has 7 nitrogen and oxygen atoms in total. The van der Waals surface area contributed by atoms with Crippen LogP contribution in [0.4, 0.5) is 22.0 Å². The number of rotatable bonds is 5. The maximum absolute atomic E-state index is 13.9. The van der Waals surface area contributed by atoms with Crippen LogP contribution in [-0.2, 0) is 4.79 Å². The van der Waals surface area contributed by atoms with E-state index in [1.165, 1.54) is 18.2 Å². The fraction of sp³-hybridized carbons (Fsp3) is 0.154. The van der Waals surface area contributed by atoms with Crippen molar-refractivity contribution in [2.45, 2.75) is 20.0 Å². The Hall–Kier alpha value is -4.61. The van der Waals surface area contributed by atoms with Gasteiger partial charge in [0, 0.05) is 6.07 Å². The minimum Gasteiger partial charge on any atom is -0.473 e. The molecule has 0 fully saturated rings. The van der Waals surface area contributed by atoms with E-state index in [4.69, 9.17) is 23.7 Å². The van der Waals surface area contributed by atoms with Crippen LogP contribution in [-0.4, -0.2) is 24.6 Å². The average Bonchev–Trinajstić information content (AvgIpc) is 3.48. The SMILES string of the molecule is Cc1cc(OC(=O)C(C)Oc2c(F)c(F)c(F)c(F)c2F)cc2c1C(=O)/C(=C/c1ccc3c(c1)OCO3)O2. The number of ether oxygens (including phenoxy) is 5. The van der Waals surface area contributed by atoms with E-state index >= 15 is 0 Å². The summed E-state index contributed by atoms with van der Waals surface area (Å²) >= 11 is 0. The van der Waals surface area contributed by atoms with Crippen LogP contribution in [0.2, 0.25) is 0 Å². The Morgan fingerprint density at radius 3 is 2.29 bits per heavy atom. The van der Waals surface area contributed by atoms with Crippen LogP contribution in [0.5, 0.6) is 28.7 Å². The molecule has 0 N–H and O–H groups in total. The number of halogens is 5. The van der Waals surface area contributed by atoms with E-state index in [0.29, 0.717) is 22.6 Å². The molecule has 2 aliphatic heterocycles. The first-order chi connectivity index (χ1) is 18.0. The van der Waals surface area contributed by atoms with Crippen LogP contribution in [0, 0.1) is 36.0 Å². The molecule has 5 rings (SSSR count). The molecule has 196 valence electrons. The van der Waals surface area contributed by atoms with E-state index in [2.05, 4.69) is 0 Å². The molecule has 0 spiro atoms. The van der Waals surface area contributed by atoms with Crippen molar-refractivity contribution in [2.24, 2.45) is 0 Å². The molecule has 0 amide bonds. The maximum atomic E-state index is 13.9. The van der Waals surface area contributed by atoms with E-state index < -0.39 is 52.7 Å². The minimum absolute atomic E-state index is 0.00606. The molecule has 0 saturated heterocycles. The fourth-order valence-electron chi connectivity index (χ4n) is 3.80. The van der Waals surface area contributed by atoms with Gasteiger partial charge in [-0.15, -0.1) is 0 Å². The number of benzene rings is 3. The minimum atomic E-state index is -2.36. The quantitative estimate of drug-likeness (QED) is 0.108. The zero-order valence-electron chi connectivity index (χ0n) is 19.5. The second-order valence-corrected chi connectivity index (χ2v) is 8.25. The van der Waals surface area contributed by atoms with Crippen LogP contribution in [0.15, 0.2) is 36.1 Å². The fourth-order valence-corrected chi connectivity index (χ4v) is 3.80. The summed E-state index contributed by atoms with van der Waals surface area (Å²) in [5, 5.41) is 0. The first kappa shape index (κ1) is 25.1. The van der Waals surface area contributed by atoms with E-state index in [1.54, 1.807) is 25.1 Å². The first-order valence-corrected chi connectivity index (χ1v) is 10.9. The van der Waals surface area contributed by atoms with Gasteiger partial charge in [0.15, 0.2) is 29.1 Å². The van der Waals surface area contributed by atoms with Gasteiger partial charge in [0.2, 0.25) is 41.7 Å². The number of carbonyl (C=O) groups excluding carboxylic acids is 2. The molecule has 1 atom stereocenters. The molecule has 2 aliphatic rings. The zero-order valence-corrected chi connectivity index (χ0v) is 19.5. The lowest BCUT2D eigenvalue weighted by Crippen LogP contribution is -2.29. The summed E-state index contributed by atoms with van der Waals surface area (Å²) in [5.41, 5.74) is 1.22. The van der Waals surface area contributed by atoms with Crippen LogP contribution >= 0.6 is 0 Å². The molecule has 12 heteroatoms. The smallest absolute Gasteiger partial charge is 0.352 e. The Labute approximate surface area is 210 Å². The van der Waals surface area contributed by atoms with Crippen molar-refractivity contribution >= 4 is 17.8 Å². The standard InChI is InChI=1S/C26H15F5O7/c1-10-5-13(37-26(33)11(2)36-25-22(30)20(28)19(27)21(29)23(25)31)8-16-18(10)24(32)17(38-16)7-12-3-4-14-15(6-12)35-9-34-14/h3-8,11H,9H2,1-2H3/b17-7-. The van der Waals surface area contributed by atoms with Crippen molar-refractivity contribution in [3.63, 3.8) is 0 Å². The number of hydrogen-bond donors (Lipinski definition) is 0. The summed E-state index contributed by atoms with van der Waals surface area (Å²) in [6, 6.07) is 7.63. The summed E-state index contributed by atoms with van der Waals surface area (Å²) in [4.78, 5) is 25.4. The number of carbonyl (C=O) groups is 2. The van der Waals surface area contributed by atoms with Crippen LogP contribution < -0.4 is 23.7 Å². The Balaban J connectivity index is 1.34. The number of ketones is 1. The average molecular weight is 534 g/mol. The molecule has 3 aromatic rings. The van der Waals surface area contributed by atoms with Gasteiger partial charge in [-0.25, -0.2) is 18.0 Å². The lowest BCUT2D eigenvalue weighted by atomic mass is 10.0. The Bertz CT molecular complexity index is 1520. The van der Waals surface area contributed by atoms with Crippen LogP contribution in [0.3, 0.4) is 0 Å². The third-order valence-electron chi connectivity index (χ3n) is 5.65. The Morgan fingerprint density at radius 2 is 1.58 bits per heavy atom. The van der Waals surface area contributed by atoms with Gasteiger partial charge in [-0.05, 0) is 49.2 Å². The van der Waals surface area contributed by atoms with Gasteiger partial charge in [0.1, 0.15) is 11.5 Å². The normalized spacial score (nSPS) is 15.3. The molecule has 3 aromatic carbocycles. The van der Waals surface area contributed by atoms with E-state index in [9.17, 15) is 31.5 Å². The van der Waals surface area contributed by atoms with Crippen molar-refractivity contribution in [1.29, 1.82) is 0 Å². The summed E-state index contributed by atoms with van der Waals surface area (Å²) < 4.78 is 93.9. The van der Waals surface area contributed by atoms with Crippen molar-refractivity contribution in [3.8, 4) is 28.7 Å². The van der Waals surface area contributed by atoms with Gasteiger partial charge in [-0.3, -0.25) is 4.79 Å². The topological polar surface area (TPSA) is 80.3 Å². The van der Waals surface area contributed by atoms with Crippen molar-refractivity contribution in [1.82, 2.24) is 0 Å². The number of fused-ring (bicyclic) bond motifs is 2. The second-order valence-electron chi connectivity index (χ2n) is 8.25. The maximum Gasteiger partial charge on any atom is 0.352 e. The van der Waals surface area contributed by atoms with Gasteiger partial charge in [0.05, 0.1) is 5.56 Å². The molecule has 0 saturated carbocycles. The van der Waals surface area contributed by atoms with Gasteiger partial charge < -0.3 is 23.7 Å². The highest BCUT2D eigenvalue weighted by atomic mass is 19.2. The largest absolute Gasteiger partial charge is 0.473 e. The van der Waals surface area contributed by atoms with Crippen LogP contribution in [0.1, 0.15) is 28.4 Å². The van der Waals surface area contributed by atoms with Gasteiger partial charge in [-0.2, -0.15) is 8.78 Å². The first-order valence-electron chi connectivity index (χ1n) is 10.9. The Morgan fingerprint density at radius 1 is 0.921 bits per heavy atom. The van der Waals surface area contributed by atoms with Gasteiger partial charge in [0.25, 0.3) is 0 Å². The molecular weight excluding hydrogens is 519 g/mol.